The Labute approximate surface area is 156 Å². The van der Waals surface area contributed by atoms with Crippen LogP contribution in [0.15, 0.2) is 72.8 Å². The van der Waals surface area contributed by atoms with Gasteiger partial charge in [0.05, 0.1) is 0 Å². The van der Waals surface area contributed by atoms with Crippen molar-refractivity contribution in [2.24, 2.45) is 0 Å². The third-order valence-electron chi connectivity index (χ3n) is 3.75. The van der Waals surface area contributed by atoms with Crippen molar-refractivity contribution in [2.75, 3.05) is 17.3 Å². The van der Waals surface area contributed by atoms with Gasteiger partial charge in [-0.3, -0.25) is 9.59 Å². The van der Waals surface area contributed by atoms with E-state index >= 15 is 0 Å². The maximum absolute atomic E-state index is 12.6. The average Bonchev–Trinajstić information content (AvgIpc) is 2.69. The van der Waals surface area contributed by atoms with E-state index in [1.807, 2.05) is 30.3 Å². The van der Waals surface area contributed by atoms with Gasteiger partial charge in [-0.25, -0.2) is 4.98 Å². The standard InChI is InChI=1S/C20H16ClN3O2/c1-24(16-6-3-2-4-7-16)20(26)18-9-5-8-17(23-18)19(25)22-15-12-10-14(21)11-13-15/h2-13H,1H3,(H,22,25). The summed E-state index contributed by atoms with van der Waals surface area (Å²) in [5, 5.41) is 3.31. The van der Waals surface area contributed by atoms with E-state index in [-0.39, 0.29) is 17.3 Å². The van der Waals surface area contributed by atoms with Crippen LogP contribution in [-0.2, 0) is 0 Å². The van der Waals surface area contributed by atoms with Gasteiger partial charge in [0.15, 0.2) is 0 Å². The van der Waals surface area contributed by atoms with Crippen molar-refractivity contribution in [1.82, 2.24) is 4.98 Å². The van der Waals surface area contributed by atoms with E-state index in [4.69, 9.17) is 11.6 Å². The number of hydrogen-bond acceptors (Lipinski definition) is 3. The van der Waals surface area contributed by atoms with Crippen molar-refractivity contribution >= 4 is 34.8 Å². The van der Waals surface area contributed by atoms with E-state index in [1.54, 1.807) is 49.5 Å². The number of para-hydroxylation sites is 1. The molecule has 1 aromatic heterocycles. The van der Waals surface area contributed by atoms with Crippen LogP contribution in [0, 0.1) is 0 Å². The molecule has 26 heavy (non-hydrogen) atoms. The van der Waals surface area contributed by atoms with Gasteiger partial charge in [-0.15, -0.1) is 0 Å². The molecule has 130 valence electrons. The number of amides is 2. The number of carbonyl (C=O) groups excluding carboxylic acids is 2. The van der Waals surface area contributed by atoms with E-state index in [9.17, 15) is 9.59 Å². The van der Waals surface area contributed by atoms with Crippen LogP contribution < -0.4 is 10.2 Å². The summed E-state index contributed by atoms with van der Waals surface area (Å²) in [5.74, 6) is -0.693. The number of anilines is 2. The van der Waals surface area contributed by atoms with Crippen LogP contribution in [0.3, 0.4) is 0 Å². The molecule has 3 aromatic rings. The summed E-state index contributed by atoms with van der Waals surface area (Å²) in [6.45, 7) is 0. The number of benzene rings is 2. The van der Waals surface area contributed by atoms with Crippen LogP contribution in [0.5, 0.6) is 0 Å². The molecule has 0 atom stereocenters. The van der Waals surface area contributed by atoms with Gasteiger partial charge < -0.3 is 10.2 Å². The lowest BCUT2D eigenvalue weighted by atomic mass is 10.2. The molecule has 0 bridgehead atoms. The Hall–Kier alpha value is -3.18. The van der Waals surface area contributed by atoms with Crippen LogP contribution in [0.4, 0.5) is 11.4 Å². The predicted molar refractivity (Wildman–Crippen MR) is 103 cm³/mol. The fourth-order valence-electron chi connectivity index (χ4n) is 2.35. The van der Waals surface area contributed by atoms with Crippen LogP contribution in [-0.4, -0.2) is 23.8 Å². The molecule has 6 heteroatoms. The number of nitrogens with zero attached hydrogens (tertiary/aromatic N) is 2. The highest BCUT2D eigenvalue weighted by atomic mass is 35.5. The first-order chi connectivity index (χ1) is 12.5. The minimum atomic E-state index is -0.399. The summed E-state index contributed by atoms with van der Waals surface area (Å²) in [6.07, 6.45) is 0. The monoisotopic (exact) mass is 365 g/mol. The van der Waals surface area contributed by atoms with E-state index in [2.05, 4.69) is 10.3 Å². The normalized spacial score (nSPS) is 10.2. The van der Waals surface area contributed by atoms with E-state index in [0.717, 1.165) is 5.69 Å². The second kappa shape index (κ2) is 7.80. The molecular weight excluding hydrogens is 350 g/mol. The second-order valence-corrected chi connectivity index (χ2v) is 6.01. The van der Waals surface area contributed by atoms with Crippen LogP contribution in [0.2, 0.25) is 5.02 Å². The first kappa shape index (κ1) is 17.6. The Balaban J connectivity index is 1.78. The zero-order chi connectivity index (χ0) is 18.5. The molecule has 0 aliphatic carbocycles. The van der Waals surface area contributed by atoms with Gasteiger partial charge in [0.1, 0.15) is 11.4 Å². The fraction of sp³-hybridized carbons (Fsp3) is 0.0500. The summed E-state index contributed by atoms with van der Waals surface area (Å²) in [7, 11) is 1.67. The van der Waals surface area contributed by atoms with Crippen molar-refractivity contribution in [3.05, 3.63) is 89.2 Å². The molecule has 2 aromatic carbocycles. The maximum Gasteiger partial charge on any atom is 0.276 e. The third kappa shape index (κ3) is 4.07. The SMILES string of the molecule is CN(C(=O)c1cccc(C(=O)Nc2ccc(Cl)cc2)n1)c1ccccc1. The number of aromatic nitrogens is 1. The van der Waals surface area contributed by atoms with Gasteiger partial charge in [0.25, 0.3) is 11.8 Å². The molecule has 3 rings (SSSR count). The average molecular weight is 366 g/mol. The maximum atomic E-state index is 12.6. The summed E-state index contributed by atoms with van der Waals surface area (Å²) in [4.78, 5) is 30.7. The lowest BCUT2D eigenvalue weighted by Gasteiger charge is -2.17. The molecule has 5 nitrogen and oxygen atoms in total. The molecule has 0 aliphatic heterocycles. The fourth-order valence-corrected chi connectivity index (χ4v) is 2.48. The number of carbonyl (C=O) groups is 2. The largest absolute Gasteiger partial charge is 0.321 e. The van der Waals surface area contributed by atoms with Crippen LogP contribution >= 0.6 is 11.6 Å². The Kier molecular flexibility index (Phi) is 5.29. The number of halogens is 1. The molecule has 0 unspecified atom stereocenters. The minimum Gasteiger partial charge on any atom is -0.321 e. The molecule has 1 N–H and O–H groups in total. The van der Waals surface area contributed by atoms with Gasteiger partial charge in [-0.05, 0) is 48.5 Å². The van der Waals surface area contributed by atoms with Gasteiger partial charge in [0.2, 0.25) is 0 Å². The lowest BCUT2D eigenvalue weighted by molar-refractivity contribution is 0.0988. The highest BCUT2D eigenvalue weighted by Crippen LogP contribution is 2.16. The van der Waals surface area contributed by atoms with Crippen molar-refractivity contribution < 1.29 is 9.59 Å². The van der Waals surface area contributed by atoms with E-state index in [0.29, 0.717) is 10.7 Å². The Morgan fingerprint density at radius 2 is 1.54 bits per heavy atom. The van der Waals surface area contributed by atoms with Crippen LogP contribution in [0.25, 0.3) is 0 Å². The molecule has 0 saturated heterocycles. The molecule has 0 spiro atoms. The highest BCUT2D eigenvalue weighted by Gasteiger charge is 2.17. The number of pyridine rings is 1. The summed E-state index contributed by atoms with van der Waals surface area (Å²) < 4.78 is 0. The topological polar surface area (TPSA) is 62.3 Å². The predicted octanol–water partition coefficient (Wildman–Crippen LogP) is 4.26. The Bertz CT molecular complexity index is 927. The molecule has 0 radical (unpaired) electrons. The zero-order valence-corrected chi connectivity index (χ0v) is 14.8. The minimum absolute atomic E-state index is 0.160. The second-order valence-electron chi connectivity index (χ2n) is 5.57. The van der Waals surface area contributed by atoms with Gasteiger partial charge >= 0.3 is 0 Å². The van der Waals surface area contributed by atoms with Crippen LogP contribution in [0.1, 0.15) is 21.0 Å². The smallest absolute Gasteiger partial charge is 0.276 e. The number of nitrogens with one attached hydrogen (secondary N) is 1. The van der Waals surface area contributed by atoms with Gasteiger partial charge in [-0.2, -0.15) is 0 Å². The molecule has 0 fully saturated rings. The molecule has 2 amide bonds. The zero-order valence-electron chi connectivity index (χ0n) is 14.0. The quantitative estimate of drug-likeness (QED) is 0.751. The van der Waals surface area contributed by atoms with Crippen molar-refractivity contribution in [3.63, 3.8) is 0 Å². The highest BCUT2D eigenvalue weighted by molar-refractivity contribution is 6.30. The summed E-state index contributed by atoms with van der Waals surface area (Å²) >= 11 is 5.83. The Morgan fingerprint density at radius 1 is 0.885 bits per heavy atom. The first-order valence-electron chi connectivity index (χ1n) is 7.91. The molecular formula is C20H16ClN3O2. The van der Waals surface area contributed by atoms with Crippen molar-refractivity contribution in [2.45, 2.75) is 0 Å². The van der Waals surface area contributed by atoms with Crippen molar-refractivity contribution in [1.29, 1.82) is 0 Å². The first-order valence-corrected chi connectivity index (χ1v) is 8.29. The Morgan fingerprint density at radius 3 is 2.23 bits per heavy atom. The molecule has 0 aliphatic rings. The van der Waals surface area contributed by atoms with E-state index in [1.165, 1.54) is 4.90 Å². The van der Waals surface area contributed by atoms with Gasteiger partial charge in [-0.1, -0.05) is 35.9 Å². The number of hydrogen-bond donors (Lipinski definition) is 1. The molecule has 1 heterocycles. The van der Waals surface area contributed by atoms with E-state index < -0.39 is 5.91 Å². The summed E-state index contributed by atoms with van der Waals surface area (Å²) in [6, 6.07) is 20.8. The summed E-state index contributed by atoms with van der Waals surface area (Å²) in [5.41, 5.74) is 1.70. The lowest BCUT2D eigenvalue weighted by Crippen LogP contribution is -2.27. The number of rotatable bonds is 4. The molecule has 0 saturated carbocycles. The third-order valence-corrected chi connectivity index (χ3v) is 4.00. The van der Waals surface area contributed by atoms with Crippen molar-refractivity contribution in [3.8, 4) is 0 Å². The van der Waals surface area contributed by atoms with Gasteiger partial charge in [0, 0.05) is 23.4 Å².